The average Bonchev–Trinajstić information content (AvgIpc) is 2.71. The number of nitrogens with zero attached hydrogens (tertiary/aromatic N) is 1. The first-order chi connectivity index (χ1) is 8.11. The summed E-state index contributed by atoms with van der Waals surface area (Å²) in [6.07, 6.45) is 2.16. The SMILES string of the molecule is CCCCN1CC(=O)c2cc([SH](=O)=O)sc2C1. The molecule has 0 amide bonds. The van der Waals surface area contributed by atoms with Crippen molar-refractivity contribution in [2.24, 2.45) is 0 Å². The number of rotatable bonds is 4. The smallest absolute Gasteiger partial charge is 0.178 e. The topological polar surface area (TPSA) is 54.5 Å². The van der Waals surface area contributed by atoms with E-state index in [0.29, 0.717) is 22.9 Å². The molecule has 0 saturated carbocycles. The molecule has 94 valence electrons. The van der Waals surface area contributed by atoms with Crippen LogP contribution >= 0.6 is 11.3 Å². The highest BCUT2D eigenvalue weighted by atomic mass is 32.2. The van der Waals surface area contributed by atoms with E-state index in [-0.39, 0.29) is 5.78 Å². The first-order valence-electron chi connectivity index (χ1n) is 5.64. The molecule has 2 heterocycles. The van der Waals surface area contributed by atoms with Gasteiger partial charge in [-0.25, -0.2) is 8.42 Å². The van der Waals surface area contributed by atoms with Crippen LogP contribution in [-0.4, -0.2) is 32.2 Å². The minimum atomic E-state index is -2.57. The molecule has 0 aromatic carbocycles. The number of thiophene rings is 1. The number of hydrogen-bond donors (Lipinski definition) is 1. The van der Waals surface area contributed by atoms with E-state index in [0.717, 1.165) is 24.3 Å². The van der Waals surface area contributed by atoms with Crippen molar-refractivity contribution in [3.63, 3.8) is 0 Å². The van der Waals surface area contributed by atoms with E-state index in [4.69, 9.17) is 0 Å². The van der Waals surface area contributed by atoms with Crippen LogP contribution in [0.3, 0.4) is 0 Å². The number of hydrogen-bond acceptors (Lipinski definition) is 5. The number of carbonyl (C=O) groups is 1. The van der Waals surface area contributed by atoms with E-state index in [1.165, 1.54) is 17.4 Å². The van der Waals surface area contributed by atoms with E-state index in [1.54, 1.807) is 0 Å². The summed E-state index contributed by atoms with van der Waals surface area (Å²) in [5.74, 6) is 0.0432. The standard InChI is InChI=1S/C11H15NO3S2/c1-2-3-4-12-6-9(13)8-5-11(17(14)15)16-10(8)7-12/h5,17H,2-4,6-7H2,1H3. The Hall–Kier alpha value is -0.720. The van der Waals surface area contributed by atoms with Gasteiger partial charge in [-0.05, 0) is 19.0 Å². The predicted molar refractivity (Wildman–Crippen MR) is 67.4 cm³/mol. The van der Waals surface area contributed by atoms with Crippen molar-refractivity contribution in [2.75, 3.05) is 13.1 Å². The molecule has 6 heteroatoms. The predicted octanol–water partition coefficient (Wildman–Crippen LogP) is 1.52. The minimum Gasteiger partial charge on any atom is -0.293 e. The second-order valence-corrected chi connectivity index (χ2v) is 6.60. The lowest BCUT2D eigenvalue weighted by Gasteiger charge is -2.25. The van der Waals surface area contributed by atoms with Crippen LogP contribution in [0.5, 0.6) is 0 Å². The van der Waals surface area contributed by atoms with Gasteiger partial charge in [-0.1, -0.05) is 13.3 Å². The maximum absolute atomic E-state index is 11.9. The highest BCUT2D eigenvalue weighted by Crippen LogP contribution is 2.29. The summed E-state index contributed by atoms with van der Waals surface area (Å²) in [5, 5.41) is 0. The Kier molecular flexibility index (Phi) is 3.96. The normalized spacial score (nSPS) is 16.5. The Balaban J connectivity index is 2.21. The van der Waals surface area contributed by atoms with Gasteiger partial charge < -0.3 is 0 Å². The largest absolute Gasteiger partial charge is 0.293 e. The fourth-order valence-corrected chi connectivity index (χ4v) is 3.77. The number of carbonyl (C=O) groups excluding carboxylic acids is 1. The van der Waals surface area contributed by atoms with E-state index < -0.39 is 10.7 Å². The van der Waals surface area contributed by atoms with Crippen LogP contribution in [0, 0.1) is 0 Å². The van der Waals surface area contributed by atoms with Gasteiger partial charge >= 0.3 is 0 Å². The molecule has 4 nitrogen and oxygen atoms in total. The summed E-state index contributed by atoms with van der Waals surface area (Å²) in [6, 6.07) is 1.52. The van der Waals surface area contributed by atoms with Crippen molar-refractivity contribution in [3.8, 4) is 0 Å². The maximum atomic E-state index is 11.9. The highest BCUT2D eigenvalue weighted by molar-refractivity contribution is 7.75. The number of Topliss-reactive ketones (excluding diaryl/α,β-unsaturated/α-hetero) is 1. The van der Waals surface area contributed by atoms with Crippen molar-refractivity contribution < 1.29 is 13.2 Å². The molecule has 0 saturated heterocycles. The van der Waals surface area contributed by atoms with E-state index in [2.05, 4.69) is 11.8 Å². The van der Waals surface area contributed by atoms with Crippen molar-refractivity contribution in [2.45, 2.75) is 30.5 Å². The van der Waals surface area contributed by atoms with Crippen LogP contribution < -0.4 is 0 Å². The Morgan fingerprint density at radius 3 is 2.82 bits per heavy atom. The summed E-state index contributed by atoms with van der Waals surface area (Å²) in [5.41, 5.74) is 0.608. The first-order valence-corrected chi connectivity index (χ1v) is 7.64. The zero-order chi connectivity index (χ0) is 12.4. The third kappa shape index (κ3) is 2.75. The molecule has 0 radical (unpaired) electrons. The van der Waals surface area contributed by atoms with Gasteiger partial charge in [-0.2, -0.15) is 0 Å². The summed E-state index contributed by atoms with van der Waals surface area (Å²) >= 11 is 1.23. The molecule has 0 unspecified atom stereocenters. The maximum Gasteiger partial charge on any atom is 0.178 e. The molecule has 1 aliphatic rings. The van der Waals surface area contributed by atoms with Crippen LogP contribution in [0.1, 0.15) is 35.0 Å². The molecule has 2 rings (SSSR count). The second kappa shape index (κ2) is 5.29. The van der Waals surface area contributed by atoms with E-state index in [1.807, 2.05) is 0 Å². The fourth-order valence-electron chi connectivity index (χ4n) is 1.95. The van der Waals surface area contributed by atoms with Crippen LogP contribution in [-0.2, 0) is 17.2 Å². The monoisotopic (exact) mass is 273 g/mol. The van der Waals surface area contributed by atoms with Gasteiger partial charge in [-0.3, -0.25) is 9.69 Å². The van der Waals surface area contributed by atoms with Crippen LogP contribution in [0.25, 0.3) is 0 Å². The number of unbranched alkanes of at least 4 members (excludes halogenated alkanes) is 1. The Morgan fingerprint density at radius 1 is 1.41 bits per heavy atom. The van der Waals surface area contributed by atoms with Crippen LogP contribution in [0.2, 0.25) is 0 Å². The van der Waals surface area contributed by atoms with Gasteiger partial charge in [0.05, 0.1) is 6.54 Å². The molecule has 0 atom stereocenters. The average molecular weight is 273 g/mol. The lowest BCUT2D eigenvalue weighted by molar-refractivity contribution is 0.0902. The van der Waals surface area contributed by atoms with Gasteiger partial charge in [-0.15, -0.1) is 11.3 Å². The number of fused-ring (bicyclic) bond motifs is 1. The molecule has 0 spiro atoms. The van der Waals surface area contributed by atoms with E-state index in [9.17, 15) is 13.2 Å². The zero-order valence-electron chi connectivity index (χ0n) is 9.64. The van der Waals surface area contributed by atoms with Gasteiger partial charge in [0.2, 0.25) is 0 Å². The molecular formula is C11H15NO3S2. The zero-order valence-corrected chi connectivity index (χ0v) is 11.4. The summed E-state index contributed by atoms with van der Waals surface area (Å²) in [6.45, 7) is 4.13. The van der Waals surface area contributed by atoms with Crippen LogP contribution in [0.4, 0.5) is 0 Å². The van der Waals surface area contributed by atoms with E-state index >= 15 is 0 Å². The lowest BCUT2D eigenvalue weighted by atomic mass is 10.1. The van der Waals surface area contributed by atoms with Crippen molar-refractivity contribution >= 4 is 27.8 Å². The van der Waals surface area contributed by atoms with Crippen molar-refractivity contribution in [1.82, 2.24) is 4.90 Å². The summed E-state index contributed by atoms with van der Waals surface area (Å²) < 4.78 is 22.1. The third-order valence-electron chi connectivity index (χ3n) is 2.84. The molecule has 0 N–H and O–H groups in total. The molecule has 1 aromatic rings. The first kappa shape index (κ1) is 12.7. The highest BCUT2D eigenvalue weighted by Gasteiger charge is 2.25. The van der Waals surface area contributed by atoms with Crippen molar-refractivity contribution in [1.29, 1.82) is 0 Å². The second-order valence-electron chi connectivity index (χ2n) is 4.17. The molecule has 0 fully saturated rings. The molecule has 17 heavy (non-hydrogen) atoms. The molecule has 0 aliphatic carbocycles. The third-order valence-corrected chi connectivity index (χ3v) is 4.97. The number of ketones is 1. The van der Waals surface area contributed by atoms with Gasteiger partial charge in [0.15, 0.2) is 16.5 Å². The molecular weight excluding hydrogens is 258 g/mol. The quantitative estimate of drug-likeness (QED) is 0.845. The molecule has 0 bridgehead atoms. The summed E-state index contributed by atoms with van der Waals surface area (Å²) in [7, 11) is -2.57. The summed E-state index contributed by atoms with van der Waals surface area (Å²) in [4.78, 5) is 14.8. The molecule has 1 aromatic heterocycles. The molecule has 1 aliphatic heterocycles. The van der Waals surface area contributed by atoms with Gasteiger partial charge in [0.25, 0.3) is 0 Å². The van der Waals surface area contributed by atoms with Gasteiger partial charge in [0.1, 0.15) is 4.21 Å². The lowest BCUT2D eigenvalue weighted by Crippen LogP contribution is -2.34. The Bertz CT molecular complexity index is 497. The van der Waals surface area contributed by atoms with Crippen molar-refractivity contribution in [3.05, 3.63) is 16.5 Å². The number of thiol groups is 1. The Labute approximate surface area is 106 Å². The van der Waals surface area contributed by atoms with Gasteiger partial charge in [0, 0.05) is 17.0 Å². The van der Waals surface area contributed by atoms with Crippen LogP contribution in [0.15, 0.2) is 10.3 Å². The minimum absolute atomic E-state index is 0.0432. The fraction of sp³-hybridized carbons (Fsp3) is 0.545. The Morgan fingerprint density at radius 2 is 2.18 bits per heavy atom.